The molecule has 0 saturated heterocycles. The molecular weight excluding hydrogens is 279 g/mol. The first-order valence-corrected chi connectivity index (χ1v) is 5.79. The van der Waals surface area contributed by atoms with Gasteiger partial charge in [-0.3, -0.25) is 0 Å². The van der Waals surface area contributed by atoms with E-state index in [1.54, 1.807) is 0 Å². The van der Waals surface area contributed by atoms with Crippen LogP contribution in [0.5, 0.6) is 0 Å². The summed E-state index contributed by atoms with van der Waals surface area (Å²) in [6, 6.07) is 4.40. The molecule has 0 aliphatic heterocycles. The maximum atomic E-state index is 2.39. The predicted octanol–water partition coefficient (Wildman–Crippen LogP) is 4.12. The normalized spacial score (nSPS) is 10.9. The minimum absolute atomic E-state index is 1.36. The zero-order valence-corrected chi connectivity index (χ0v) is 9.99. The van der Waals surface area contributed by atoms with E-state index in [-0.39, 0.29) is 0 Å². The summed E-state index contributed by atoms with van der Waals surface area (Å²) in [5, 5.41) is 3.68. The summed E-state index contributed by atoms with van der Waals surface area (Å²) in [4.78, 5) is 0. The molecule has 1 heterocycles. The van der Waals surface area contributed by atoms with Gasteiger partial charge in [0.05, 0.1) is 0 Å². The topological polar surface area (TPSA) is 0 Å². The fraction of sp³-hybridized carbons (Fsp3) is 0.200. The van der Waals surface area contributed by atoms with Crippen molar-refractivity contribution < 1.29 is 0 Å². The molecule has 0 aliphatic carbocycles. The first kappa shape index (κ1) is 8.51. The van der Waals surface area contributed by atoms with Crippen LogP contribution in [0.1, 0.15) is 11.1 Å². The summed E-state index contributed by atoms with van der Waals surface area (Å²) < 4.78 is 2.77. The van der Waals surface area contributed by atoms with Crippen LogP contribution in [0.15, 0.2) is 17.5 Å². The Labute approximate surface area is 89.7 Å². The van der Waals surface area contributed by atoms with E-state index in [4.69, 9.17) is 0 Å². The van der Waals surface area contributed by atoms with Crippen LogP contribution in [0.3, 0.4) is 0 Å². The molecule has 0 amide bonds. The van der Waals surface area contributed by atoms with Gasteiger partial charge in [-0.15, -0.1) is 11.3 Å². The maximum Gasteiger partial charge on any atom is 0.0348 e. The highest BCUT2D eigenvalue weighted by Crippen LogP contribution is 2.30. The third-order valence-electron chi connectivity index (χ3n) is 2.12. The van der Waals surface area contributed by atoms with Crippen molar-refractivity contribution in [1.82, 2.24) is 0 Å². The van der Waals surface area contributed by atoms with Crippen molar-refractivity contribution in [3.8, 4) is 0 Å². The van der Waals surface area contributed by atoms with E-state index < -0.39 is 0 Å². The lowest BCUT2D eigenvalue weighted by Gasteiger charge is -2.00. The molecule has 0 radical (unpaired) electrons. The molecule has 0 aliphatic rings. The zero-order chi connectivity index (χ0) is 8.72. The lowest BCUT2D eigenvalue weighted by molar-refractivity contribution is 1.46. The summed E-state index contributed by atoms with van der Waals surface area (Å²) in [7, 11) is 0. The second kappa shape index (κ2) is 3.00. The van der Waals surface area contributed by atoms with Crippen molar-refractivity contribution in [2.24, 2.45) is 0 Å². The summed E-state index contributed by atoms with van der Waals surface area (Å²) in [6.45, 7) is 4.38. The van der Waals surface area contributed by atoms with Gasteiger partial charge in [0.1, 0.15) is 0 Å². The van der Waals surface area contributed by atoms with Crippen LogP contribution in [0.4, 0.5) is 0 Å². The highest BCUT2D eigenvalue weighted by molar-refractivity contribution is 14.1. The minimum atomic E-state index is 1.36. The highest BCUT2D eigenvalue weighted by atomic mass is 127. The van der Waals surface area contributed by atoms with Gasteiger partial charge < -0.3 is 0 Å². The van der Waals surface area contributed by atoms with E-state index in [2.05, 4.69) is 54.0 Å². The maximum absolute atomic E-state index is 2.39. The molecule has 0 atom stereocenters. The van der Waals surface area contributed by atoms with E-state index in [0.717, 1.165) is 0 Å². The molecule has 0 unspecified atom stereocenters. The fourth-order valence-corrected chi connectivity index (χ4v) is 2.91. The van der Waals surface area contributed by atoms with Crippen molar-refractivity contribution >= 4 is 44.0 Å². The highest BCUT2D eigenvalue weighted by Gasteiger charge is 2.04. The lowest BCUT2D eigenvalue weighted by Crippen LogP contribution is -1.80. The number of aryl methyl sites for hydroxylation is 2. The SMILES string of the molecule is Cc1csc2ccc(I)c(C)c12. The monoisotopic (exact) mass is 288 g/mol. The molecule has 62 valence electrons. The van der Waals surface area contributed by atoms with Crippen LogP contribution >= 0.6 is 33.9 Å². The van der Waals surface area contributed by atoms with Crippen molar-refractivity contribution in [2.75, 3.05) is 0 Å². The summed E-state index contributed by atoms with van der Waals surface area (Å²) in [5.41, 5.74) is 2.83. The van der Waals surface area contributed by atoms with Gasteiger partial charge in [-0.05, 0) is 70.5 Å². The minimum Gasteiger partial charge on any atom is -0.144 e. The van der Waals surface area contributed by atoms with Crippen molar-refractivity contribution in [3.63, 3.8) is 0 Å². The number of hydrogen-bond acceptors (Lipinski definition) is 1. The van der Waals surface area contributed by atoms with Crippen molar-refractivity contribution in [1.29, 1.82) is 0 Å². The van der Waals surface area contributed by atoms with Gasteiger partial charge in [-0.2, -0.15) is 0 Å². The van der Waals surface area contributed by atoms with Gasteiger partial charge in [0.2, 0.25) is 0 Å². The zero-order valence-electron chi connectivity index (χ0n) is 7.02. The Balaban J connectivity index is 2.96. The van der Waals surface area contributed by atoms with Crippen molar-refractivity contribution in [2.45, 2.75) is 13.8 Å². The molecule has 0 N–H and O–H groups in total. The van der Waals surface area contributed by atoms with Crippen LogP contribution in [0.2, 0.25) is 0 Å². The van der Waals surface area contributed by atoms with E-state index >= 15 is 0 Å². The molecule has 2 aromatic rings. The molecule has 1 aromatic heterocycles. The molecule has 12 heavy (non-hydrogen) atoms. The first-order chi connectivity index (χ1) is 5.70. The van der Waals surface area contributed by atoms with Gasteiger partial charge in [-0.25, -0.2) is 0 Å². The number of rotatable bonds is 0. The molecule has 0 saturated carbocycles. The van der Waals surface area contributed by atoms with Crippen LogP contribution in [0.25, 0.3) is 10.1 Å². The smallest absolute Gasteiger partial charge is 0.0348 e. The number of fused-ring (bicyclic) bond motifs is 1. The van der Waals surface area contributed by atoms with Gasteiger partial charge in [0.15, 0.2) is 0 Å². The third-order valence-corrected chi connectivity index (χ3v) is 4.35. The second-order valence-corrected chi connectivity index (χ2v) is 5.04. The lowest BCUT2D eigenvalue weighted by atomic mass is 10.1. The van der Waals surface area contributed by atoms with E-state index in [1.807, 2.05) is 11.3 Å². The van der Waals surface area contributed by atoms with Crippen LogP contribution in [0, 0.1) is 17.4 Å². The Hall–Kier alpha value is -0.0900. The largest absolute Gasteiger partial charge is 0.144 e. The van der Waals surface area contributed by atoms with Crippen LogP contribution in [-0.4, -0.2) is 0 Å². The molecular formula is C10H9IS. The quantitative estimate of drug-likeness (QED) is 0.640. The van der Waals surface area contributed by atoms with E-state index in [1.165, 1.54) is 24.8 Å². The summed E-state index contributed by atoms with van der Waals surface area (Å²) in [5.74, 6) is 0. The molecule has 2 rings (SSSR count). The van der Waals surface area contributed by atoms with Crippen molar-refractivity contribution in [3.05, 3.63) is 32.2 Å². The summed E-state index contributed by atoms with van der Waals surface area (Å²) >= 11 is 4.22. The Morgan fingerprint density at radius 2 is 2.00 bits per heavy atom. The van der Waals surface area contributed by atoms with Gasteiger partial charge in [-0.1, -0.05) is 0 Å². The average Bonchev–Trinajstić information content (AvgIpc) is 2.41. The summed E-state index contributed by atoms with van der Waals surface area (Å²) in [6.07, 6.45) is 0. The Kier molecular flexibility index (Phi) is 2.12. The standard InChI is InChI=1S/C10H9IS/c1-6-5-12-9-4-3-8(11)7(2)10(6)9/h3-5H,1-2H3. The molecule has 2 heteroatoms. The van der Waals surface area contributed by atoms with Gasteiger partial charge in [0.25, 0.3) is 0 Å². The average molecular weight is 288 g/mol. The number of benzene rings is 1. The number of halogens is 1. The van der Waals surface area contributed by atoms with Crippen LogP contribution in [-0.2, 0) is 0 Å². The first-order valence-electron chi connectivity index (χ1n) is 3.83. The number of thiophene rings is 1. The Morgan fingerprint density at radius 3 is 2.75 bits per heavy atom. The molecule has 1 aromatic carbocycles. The Morgan fingerprint density at radius 1 is 1.25 bits per heavy atom. The fourth-order valence-electron chi connectivity index (χ4n) is 1.46. The van der Waals surface area contributed by atoms with Gasteiger partial charge >= 0.3 is 0 Å². The molecule has 0 bridgehead atoms. The predicted molar refractivity (Wildman–Crippen MR) is 64.0 cm³/mol. The molecule has 0 spiro atoms. The Bertz CT molecular complexity index is 429. The second-order valence-electron chi connectivity index (χ2n) is 2.96. The third kappa shape index (κ3) is 1.17. The van der Waals surface area contributed by atoms with E-state index in [0.29, 0.717) is 0 Å². The molecule has 0 nitrogen and oxygen atoms in total. The van der Waals surface area contributed by atoms with Gasteiger partial charge in [0, 0.05) is 8.27 Å². The molecule has 0 fully saturated rings. The van der Waals surface area contributed by atoms with E-state index in [9.17, 15) is 0 Å². The number of hydrogen-bond donors (Lipinski definition) is 0. The van der Waals surface area contributed by atoms with Crippen LogP contribution < -0.4 is 0 Å².